The number of hydrogen-bond donors (Lipinski definition) is 1. The molecular weight excluding hydrogens is 578 g/mol. The number of nitrogens with one attached hydrogen (secondary N) is 1. The minimum atomic E-state index is -0.814. The fourth-order valence-corrected chi connectivity index (χ4v) is 6.37. The molecule has 258 valence electrons. The van der Waals surface area contributed by atoms with Gasteiger partial charge in [0.15, 0.2) is 0 Å². The lowest BCUT2D eigenvalue weighted by Crippen LogP contribution is -2.41. The summed E-state index contributed by atoms with van der Waals surface area (Å²) in [4.78, 5) is 12.9. The summed E-state index contributed by atoms with van der Waals surface area (Å²) in [6.07, 6.45) is 20.2. The van der Waals surface area contributed by atoms with Gasteiger partial charge in [0.05, 0.1) is 12.7 Å². The van der Waals surface area contributed by atoms with Gasteiger partial charge in [0.1, 0.15) is 5.60 Å². The van der Waals surface area contributed by atoms with Gasteiger partial charge in [0.25, 0.3) is 0 Å². The van der Waals surface area contributed by atoms with Crippen LogP contribution in [-0.2, 0) is 19.9 Å². The first-order chi connectivity index (χ1) is 23.2. The van der Waals surface area contributed by atoms with Crippen molar-refractivity contribution < 1.29 is 14.3 Å². The topological polar surface area (TPSA) is 47.6 Å². The molecule has 0 fully saturated rings. The van der Waals surface area contributed by atoms with E-state index in [0.717, 1.165) is 36.0 Å². The zero-order valence-corrected chi connectivity index (χ0v) is 29.6. The van der Waals surface area contributed by atoms with Gasteiger partial charge in [-0.3, -0.25) is 4.79 Å². The average molecular weight is 642 g/mol. The molecule has 1 N–H and O–H groups in total. The highest BCUT2D eigenvalue weighted by atomic mass is 16.5. The lowest BCUT2D eigenvalue weighted by atomic mass is 9.80. The Hall–Kier alpha value is -2.95. The maximum Gasteiger partial charge on any atom is 0.220 e. The third kappa shape index (κ3) is 14.4. The molecule has 0 aliphatic heterocycles. The van der Waals surface area contributed by atoms with Crippen molar-refractivity contribution in [3.8, 4) is 0 Å². The first kappa shape index (κ1) is 38.5. The van der Waals surface area contributed by atoms with Gasteiger partial charge < -0.3 is 14.8 Å². The number of amides is 1. The van der Waals surface area contributed by atoms with Crippen LogP contribution in [0.3, 0.4) is 0 Å². The summed E-state index contributed by atoms with van der Waals surface area (Å²) in [5.41, 5.74) is 2.39. The largest absolute Gasteiger partial charge is 0.374 e. The predicted octanol–water partition coefficient (Wildman–Crippen LogP) is 11.2. The van der Waals surface area contributed by atoms with E-state index in [-0.39, 0.29) is 12.0 Å². The molecular formula is C43H63NO3. The standard InChI is InChI=1S/C43H63NO3/c1-3-5-7-9-11-12-13-15-26-34-42(45)44-36-41(46-35-27-16-14-10-8-6-4-2)37-47-43(38-28-20-17-21-29-38,39-30-22-18-23-31-39)40-32-24-19-25-33-40/h17-25,28-33,41H,3-16,26-27,34-37H2,1-2H3,(H,44,45). The van der Waals surface area contributed by atoms with Crippen molar-refractivity contribution in [3.05, 3.63) is 108 Å². The molecule has 0 aromatic heterocycles. The summed E-state index contributed by atoms with van der Waals surface area (Å²) in [6, 6.07) is 31.4. The van der Waals surface area contributed by atoms with Crippen LogP contribution in [0.1, 0.15) is 140 Å². The Morgan fingerprint density at radius 2 is 0.979 bits per heavy atom. The van der Waals surface area contributed by atoms with Crippen molar-refractivity contribution in [1.29, 1.82) is 0 Å². The Labute approximate surface area is 287 Å². The van der Waals surface area contributed by atoms with Crippen molar-refractivity contribution in [2.24, 2.45) is 0 Å². The monoisotopic (exact) mass is 641 g/mol. The number of ether oxygens (including phenoxy) is 2. The number of rotatable bonds is 27. The van der Waals surface area contributed by atoms with Crippen LogP contribution in [0.15, 0.2) is 91.0 Å². The van der Waals surface area contributed by atoms with Crippen LogP contribution in [0.5, 0.6) is 0 Å². The molecule has 4 heteroatoms. The van der Waals surface area contributed by atoms with Gasteiger partial charge in [-0.2, -0.15) is 0 Å². The maximum atomic E-state index is 12.9. The SMILES string of the molecule is CCCCCCCCCCCC(=O)NCC(COC(c1ccccc1)(c1ccccc1)c1ccccc1)OCCCCCCCCC. The Kier molecular flexibility index (Phi) is 19.8. The first-order valence-corrected chi connectivity index (χ1v) is 18.9. The predicted molar refractivity (Wildman–Crippen MR) is 198 cm³/mol. The molecule has 0 bridgehead atoms. The van der Waals surface area contributed by atoms with E-state index in [0.29, 0.717) is 26.2 Å². The van der Waals surface area contributed by atoms with Crippen LogP contribution in [0.2, 0.25) is 0 Å². The molecule has 47 heavy (non-hydrogen) atoms. The zero-order valence-electron chi connectivity index (χ0n) is 29.6. The van der Waals surface area contributed by atoms with E-state index in [2.05, 4.69) is 92.0 Å². The van der Waals surface area contributed by atoms with E-state index in [1.807, 2.05) is 18.2 Å². The Balaban J connectivity index is 1.65. The zero-order chi connectivity index (χ0) is 33.3. The summed E-state index contributed by atoms with van der Waals surface area (Å²) >= 11 is 0. The molecule has 0 aliphatic carbocycles. The molecule has 0 saturated carbocycles. The van der Waals surface area contributed by atoms with E-state index in [1.165, 1.54) is 83.5 Å². The summed E-state index contributed by atoms with van der Waals surface area (Å²) in [7, 11) is 0. The van der Waals surface area contributed by atoms with E-state index in [1.54, 1.807) is 0 Å². The van der Waals surface area contributed by atoms with Crippen LogP contribution in [-0.4, -0.2) is 31.8 Å². The molecule has 0 spiro atoms. The highest BCUT2D eigenvalue weighted by Crippen LogP contribution is 2.40. The Bertz CT molecular complexity index is 1070. The molecule has 0 radical (unpaired) electrons. The molecule has 1 amide bonds. The van der Waals surface area contributed by atoms with Crippen LogP contribution in [0, 0.1) is 0 Å². The minimum Gasteiger partial charge on any atom is -0.374 e. The van der Waals surface area contributed by atoms with Gasteiger partial charge in [0, 0.05) is 19.6 Å². The van der Waals surface area contributed by atoms with E-state index < -0.39 is 5.60 Å². The highest BCUT2D eigenvalue weighted by Gasteiger charge is 2.38. The lowest BCUT2D eigenvalue weighted by molar-refractivity contribution is -0.122. The third-order valence-corrected chi connectivity index (χ3v) is 9.16. The molecule has 0 heterocycles. The van der Waals surface area contributed by atoms with Crippen molar-refractivity contribution >= 4 is 5.91 Å². The molecule has 3 rings (SSSR count). The smallest absolute Gasteiger partial charge is 0.220 e. The van der Waals surface area contributed by atoms with Gasteiger partial charge in [0.2, 0.25) is 5.91 Å². The molecule has 3 aromatic rings. The van der Waals surface area contributed by atoms with Gasteiger partial charge in [-0.25, -0.2) is 0 Å². The normalized spacial score (nSPS) is 12.2. The van der Waals surface area contributed by atoms with Crippen molar-refractivity contribution in [2.45, 2.75) is 135 Å². The fourth-order valence-electron chi connectivity index (χ4n) is 6.37. The van der Waals surface area contributed by atoms with Crippen LogP contribution < -0.4 is 5.32 Å². The van der Waals surface area contributed by atoms with E-state index in [4.69, 9.17) is 9.47 Å². The molecule has 3 aromatic carbocycles. The number of hydrogen-bond acceptors (Lipinski definition) is 3. The number of benzene rings is 3. The first-order valence-electron chi connectivity index (χ1n) is 18.9. The molecule has 0 aliphatic rings. The molecule has 4 nitrogen and oxygen atoms in total. The van der Waals surface area contributed by atoms with Gasteiger partial charge in [-0.15, -0.1) is 0 Å². The molecule has 0 saturated heterocycles. The molecule has 1 unspecified atom stereocenters. The van der Waals surface area contributed by atoms with Crippen molar-refractivity contribution in [2.75, 3.05) is 19.8 Å². The fraction of sp³-hybridized carbons (Fsp3) is 0.558. The third-order valence-electron chi connectivity index (χ3n) is 9.16. The van der Waals surface area contributed by atoms with E-state index in [9.17, 15) is 4.79 Å². The van der Waals surface area contributed by atoms with Gasteiger partial charge >= 0.3 is 0 Å². The summed E-state index contributed by atoms with van der Waals surface area (Å²) in [6.45, 7) is 5.99. The van der Waals surface area contributed by atoms with Crippen LogP contribution in [0.4, 0.5) is 0 Å². The molecule has 1 atom stereocenters. The van der Waals surface area contributed by atoms with Gasteiger partial charge in [-0.05, 0) is 29.5 Å². The van der Waals surface area contributed by atoms with Gasteiger partial charge in [-0.1, -0.05) is 195 Å². The number of carbonyl (C=O) groups excluding carboxylic acids is 1. The summed E-state index contributed by atoms with van der Waals surface area (Å²) < 4.78 is 13.6. The Morgan fingerprint density at radius 3 is 1.43 bits per heavy atom. The minimum absolute atomic E-state index is 0.109. The number of carbonyl (C=O) groups is 1. The number of unbranched alkanes of at least 4 members (excludes halogenated alkanes) is 14. The van der Waals surface area contributed by atoms with Crippen molar-refractivity contribution in [1.82, 2.24) is 5.32 Å². The lowest BCUT2D eigenvalue weighted by Gasteiger charge is -2.37. The van der Waals surface area contributed by atoms with Crippen LogP contribution >= 0.6 is 0 Å². The quantitative estimate of drug-likeness (QED) is 0.0665. The Morgan fingerprint density at radius 1 is 0.574 bits per heavy atom. The second-order valence-corrected chi connectivity index (χ2v) is 13.1. The summed E-state index contributed by atoms with van der Waals surface area (Å²) in [5.74, 6) is 0.109. The van der Waals surface area contributed by atoms with E-state index >= 15 is 0 Å². The highest BCUT2D eigenvalue weighted by molar-refractivity contribution is 5.75. The second-order valence-electron chi connectivity index (χ2n) is 13.1. The van der Waals surface area contributed by atoms with Crippen molar-refractivity contribution in [3.63, 3.8) is 0 Å². The second kappa shape index (κ2) is 24.2. The summed E-state index contributed by atoms with van der Waals surface area (Å²) in [5, 5.41) is 3.19. The maximum absolute atomic E-state index is 12.9. The average Bonchev–Trinajstić information content (AvgIpc) is 3.12. The van der Waals surface area contributed by atoms with Crippen LogP contribution in [0.25, 0.3) is 0 Å².